The van der Waals surface area contributed by atoms with Crippen molar-refractivity contribution >= 4 is 17.8 Å². The van der Waals surface area contributed by atoms with Gasteiger partial charge in [-0.3, -0.25) is 9.59 Å². The van der Waals surface area contributed by atoms with Crippen molar-refractivity contribution in [2.45, 2.75) is 25.4 Å². The molecule has 0 fully saturated rings. The zero-order valence-corrected chi connectivity index (χ0v) is 21.7. The summed E-state index contributed by atoms with van der Waals surface area (Å²) in [6.45, 7) is 0.475. The molecule has 1 atom stereocenters. The molecule has 1 N–H and O–H groups in total. The molecule has 0 heterocycles. The maximum atomic E-state index is 13.3. The van der Waals surface area contributed by atoms with Gasteiger partial charge in [0.15, 0.2) is 6.61 Å². The SMILES string of the molecule is O=C(N[C@H](Cc1ccccc1)C(=O)OCC(=O)N(CCc1ccccc1)Cc1ccccc1)c1ccccc1. The van der Waals surface area contributed by atoms with E-state index in [4.69, 9.17) is 4.74 Å². The highest BCUT2D eigenvalue weighted by Gasteiger charge is 2.25. The number of rotatable bonds is 12. The van der Waals surface area contributed by atoms with Gasteiger partial charge in [-0.15, -0.1) is 0 Å². The summed E-state index contributed by atoms with van der Waals surface area (Å²) >= 11 is 0. The summed E-state index contributed by atoms with van der Waals surface area (Å²) in [5.41, 5.74) is 3.41. The molecule has 0 aromatic heterocycles. The smallest absolute Gasteiger partial charge is 0.329 e. The average molecular weight is 521 g/mol. The number of benzene rings is 4. The summed E-state index contributed by atoms with van der Waals surface area (Å²) in [4.78, 5) is 41.0. The molecule has 0 unspecified atom stereocenters. The van der Waals surface area contributed by atoms with Gasteiger partial charge in [-0.2, -0.15) is 0 Å². The normalized spacial score (nSPS) is 11.3. The van der Waals surface area contributed by atoms with Crippen LogP contribution in [0.4, 0.5) is 0 Å². The molecule has 0 radical (unpaired) electrons. The highest BCUT2D eigenvalue weighted by molar-refractivity contribution is 5.97. The molecular formula is C33H32N2O4. The Hall–Kier alpha value is -4.71. The molecule has 4 rings (SSSR count). The number of ether oxygens (including phenoxy) is 1. The van der Waals surface area contributed by atoms with Crippen molar-refractivity contribution in [3.63, 3.8) is 0 Å². The number of carbonyl (C=O) groups is 3. The summed E-state index contributed by atoms with van der Waals surface area (Å²) in [6, 6.07) is 36.8. The summed E-state index contributed by atoms with van der Waals surface area (Å²) in [6.07, 6.45) is 0.922. The number of nitrogens with zero attached hydrogens (tertiary/aromatic N) is 1. The molecule has 39 heavy (non-hydrogen) atoms. The fourth-order valence-electron chi connectivity index (χ4n) is 4.20. The van der Waals surface area contributed by atoms with E-state index >= 15 is 0 Å². The van der Waals surface area contributed by atoms with E-state index in [-0.39, 0.29) is 18.2 Å². The van der Waals surface area contributed by atoms with Gasteiger partial charge in [0.05, 0.1) is 0 Å². The van der Waals surface area contributed by atoms with Crippen LogP contribution in [-0.4, -0.2) is 41.9 Å². The fraction of sp³-hybridized carbons (Fsp3) is 0.182. The Labute approximate surface area is 229 Å². The quantitative estimate of drug-likeness (QED) is 0.271. The predicted molar refractivity (Wildman–Crippen MR) is 151 cm³/mol. The molecule has 0 saturated carbocycles. The minimum absolute atomic E-state index is 0.244. The molecule has 6 heteroatoms. The van der Waals surface area contributed by atoms with Gasteiger partial charge < -0.3 is 15.0 Å². The number of nitrogens with one attached hydrogen (secondary N) is 1. The van der Waals surface area contributed by atoms with E-state index in [1.807, 2.05) is 97.1 Å². The van der Waals surface area contributed by atoms with Crippen LogP contribution in [0, 0.1) is 0 Å². The second kappa shape index (κ2) is 14.3. The molecule has 0 bridgehead atoms. The van der Waals surface area contributed by atoms with Gasteiger partial charge in [0.2, 0.25) is 0 Å². The third kappa shape index (κ3) is 8.68. The summed E-state index contributed by atoms with van der Waals surface area (Å²) in [7, 11) is 0. The third-order valence-electron chi connectivity index (χ3n) is 6.33. The highest BCUT2D eigenvalue weighted by atomic mass is 16.5. The zero-order valence-electron chi connectivity index (χ0n) is 21.7. The minimum atomic E-state index is -0.945. The van der Waals surface area contributed by atoms with E-state index in [1.165, 1.54) is 0 Å². The first-order chi connectivity index (χ1) is 19.1. The largest absolute Gasteiger partial charge is 0.454 e. The molecule has 0 aliphatic carbocycles. The Balaban J connectivity index is 1.43. The molecule has 0 aliphatic rings. The van der Waals surface area contributed by atoms with Crippen LogP contribution in [0.5, 0.6) is 0 Å². The Morgan fingerprint density at radius 1 is 0.667 bits per heavy atom. The van der Waals surface area contributed by atoms with E-state index in [9.17, 15) is 14.4 Å². The van der Waals surface area contributed by atoms with Gasteiger partial charge >= 0.3 is 5.97 Å². The van der Waals surface area contributed by atoms with Crippen molar-refractivity contribution in [3.8, 4) is 0 Å². The van der Waals surface area contributed by atoms with Crippen molar-refractivity contribution in [1.82, 2.24) is 10.2 Å². The molecule has 2 amide bonds. The predicted octanol–water partition coefficient (Wildman–Crippen LogP) is 4.84. The standard InChI is InChI=1S/C33H32N2O4/c36-31(35(24-28-17-9-3-10-18-28)22-21-26-13-5-1-6-14-26)25-39-33(38)30(23-27-15-7-2-8-16-27)34-32(37)29-19-11-4-12-20-29/h1-20,30H,21-25H2,(H,34,37)/t30-/m1/s1. The first kappa shape index (κ1) is 27.3. The minimum Gasteiger partial charge on any atom is -0.454 e. The maximum absolute atomic E-state index is 13.3. The first-order valence-electron chi connectivity index (χ1n) is 13.0. The van der Waals surface area contributed by atoms with Gasteiger partial charge in [-0.05, 0) is 35.2 Å². The molecule has 0 aliphatic heterocycles. The summed E-state index contributed by atoms with van der Waals surface area (Å²) in [5.74, 6) is -1.33. The average Bonchev–Trinajstić information content (AvgIpc) is 2.99. The van der Waals surface area contributed by atoms with Crippen LogP contribution in [0.15, 0.2) is 121 Å². The molecule has 6 nitrogen and oxygen atoms in total. The van der Waals surface area contributed by atoms with Gasteiger partial charge in [0.25, 0.3) is 11.8 Å². The summed E-state index contributed by atoms with van der Waals surface area (Å²) in [5, 5.41) is 2.78. The van der Waals surface area contributed by atoms with Gasteiger partial charge in [-0.25, -0.2) is 4.79 Å². The van der Waals surface area contributed by atoms with Crippen molar-refractivity contribution in [2.75, 3.05) is 13.2 Å². The van der Waals surface area contributed by atoms with Crippen molar-refractivity contribution in [1.29, 1.82) is 0 Å². The molecule has 0 spiro atoms. The Morgan fingerprint density at radius 2 is 1.18 bits per heavy atom. The van der Waals surface area contributed by atoms with Crippen molar-refractivity contribution < 1.29 is 19.1 Å². The maximum Gasteiger partial charge on any atom is 0.329 e. The van der Waals surface area contributed by atoms with Gasteiger partial charge in [0, 0.05) is 25.1 Å². The van der Waals surface area contributed by atoms with E-state index in [0.717, 1.165) is 16.7 Å². The third-order valence-corrected chi connectivity index (χ3v) is 6.33. The number of amides is 2. The zero-order chi connectivity index (χ0) is 27.3. The van der Waals surface area contributed by atoms with Crippen molar-refractivity contribution in [3.05, 3.63) is 144 Å². The van der Waals surface area contributed by atoms with Crippen LogP contribution >= 0.6 is 0 Å². The van der Waals surface area contributed by atoms with E-state index in [2.05, 4.69) is 5.32 Å². The van der Waals surface area contributed by atoms with Crippen molar-refractivity contribution in [2.24, 2.45) is 0 Å². The number of hydrogen-bond donors (Lipinski definition) is 1. The molecular weight excluding hydrogens is 488 g/mol. The van der Waals surface area contributed by atoms with Crippen LogP contribution in [0.2, 0.25) is 0 Å². The topological polar surface area (TPSA) is 75.7 Å². The Kier molecular flexibility index (Phi) is 10.0. The van der Waals surface area contributed by atoms with E-state index < -0.39 is 18.6 Å². The second-order valence-corrected chi connectivity index (χ2v) is 9.23. The lowest BCUT2D eigenvalue weighted by atomic mass is 10.1. The number of hydrogen-bond acceptors (Lipinski definition) is 4. The van der Waals surface area contributed by atoms with Crippen LogP contribution in [0.1, 0.15) is 27.0 Å². The molecule has 4 aromatic rings. The fourth-order valence-corrected chi connectivity index (χ4v) is 4.20. The van der Waals surface area contributed by atoms with Gasteiger partial charge in [-0.1, -0.05) is 109 Å². The van der Waals surface area contributed by atoms with Gasteiger partial charge in [0.1, 0.15) is 6.04 Å². The lowest BCUT2D eigenvalue weighted by Gasteiger charge is -2.24. The molecule has 198 valence electrons. The first-order valence-corrected chi connectivity index (χ1v) is 13.0. The van der Waals surface area contributed by atoms with Crippen LogP contribution in [-0.2, 0) is 33.7 Å². The summed E-state index contributed by atoms with van der Waals surface area (Å²) < 4.78 is 5.50. The number of esters is 1. The lowest BCUT2D eigenvalue weighted by molar-refractivity contribution is -0.153. The van der Waals surface area contributed by atoms with Crippen LogP contribution < -0.4 is 5.32 Å². The highest BCUT2D eigenvalue weighted by Crippen LogP contribution is 2.10. The van der Waals surface area contributed by atoms with E-state index in [0.29, 0.717) is 25.1 Å². The van der Waals surface area contributed by atoms with Crippen LogP contribution in [0.25, 0.3) is 0 Å². The second-order valence-electron chi connectivity index (χ2n) is 9.23. The molecule has 0 saturated heterocycles. The number of carbonyl (C=O) groups excluding carboxylic acids is 3. The monoisotopic (exact) mass is 520 g/mol. The van der Waals surface area contributed by atoms with Crippen LogP contribution in [0.3, 0.4) is 0 Å². The van der Waals surface area contributed by atoms with E-state index in [1.54, 1.807) is 29.2 Å². The Morgan fingerprint density at radius 3 is 1.77 bits per heavy atom. The Bertz CT molecular complexity index is 1330. The lowest BCUT2D eigenvalue weighted by Crippen LogP contribution is -2.44. The molecule has 4 aromatic carbocycles.